The summed E-state index contributed by atoms with van der Waals surface area (Å²) in [5.41, 5.74) is 1.69. The van der Waals surface area contributed by atoms with E-state index in [-0.39, 0.29) is 30.5 Å². The lowest BCUT2D eigenvalue weighted by Gasteiger charge is -2.13. The molecule has 0 bridgehead atoms. The predicted octanol–water partition coefficient (Wildman–Crippen LogP) is 3.66. The molecule has 0 N–H and O–H groups in total. The Morgan fingerprint density at radius 2 is 1.68 bits per heavy atom. The molecule has 1 aliphatic rings. The van der Waals surface area contributed by atoms with Crippen LogP contribution in [-0.4, -0.2) is 16.7 Å². The maximum atomic E-state index is 12.0. The van der Waals surface area contributed by atoms with Crippen molar-refractivity contribution < 1.29 is 18.9 Å². The minimum atomic E-state index is -0.575. The lowest BCUT2D eigenvalue weighted by Crippen LogP contribution is -2.28. The van der Waals surface area contributed by atoms with E-state index >= 15 is 0 Å². The lowest BCUT2D eigenvalue weighted by atomic mass is 10.0. The van der Waals surface area contributed by atoms with Gasteiger partial charge in [0, 0.05) is 18.2 Å². The highest BCUT2D eigenvalue weighted by Gasteiger charge is 2.32. The molecule has 2 heterocycles. The summed E-state index contributed by atoms with van der Waals surface area (Å²) in [6.45, 7) is 0. The summed E-state index contributed by atoms with van der Waals surface area (Å²) in [6, 6.07) is 13.5. The summed E-state index contributed by atoms with van der Waals surface area (Å²) < 4.78 is 5.40. The molecule has 4 rings (SSSR count). The molecule has 0 aliphatic carbocycles. The highest BCUT2D eigenvalue weighted by Crippen LogP contribution is 2.41. The number of carbonyl (C=O) groups is 2. The van der Waals surface area contributed by atoms with Gasteiger partial charge in [0.25, 0.3) is 0 Å². The van der Waals surface area contributed by atoms with Crippen LogP contribution in [0.15, 0.2) is 52.9 Å². The van der Waals surface area contributed by atoms with Crippen molar-refractivity contribution in [2.45, 2.75) is 12.8 Å². The molecule has 7 heteroatoms. The third-order valence-corrected chi connectivity index (χ3v) is 4.19. The molecule has 0 saturated carbocycles. The van der Waals surface area contributed by atoms with E-state index in [0.717, 1.165) is 4.90 Å². The van der Waals surface area contributed by atoms with Crippen molar-refractivity contribution in [1.82, 2.24) is 0 Å². The summed E-state index contributed by atoms with van der Waals surface area (Å²) in [4.78, 5) is 35.9. The quantitative estimate of drug-likeness (QED) is 0.413. The monoisotopic (exact) mass is 336 g/mol. The van der Waals surface area contributed by atoms with Crippen LogP contribution in [0.4, 0.5) is 11.6 Å². The molecule has 25 heavy (non-hydrogen) atoms. The Balaban J connectivity index is 1.97. The van der Waals surface area contributed by atoms with Crippen molar-refractivity contribution in [2.75, 3.05) is 4.90 Å². The van der Waals surface area contributed by atoms with Gasteiger partial charge in [0.05, 0.1) is 5.69 Å². The van der Waals surface area contributed by atoms with Crippen molar-refractivity contribution >= 4 is 34.4 Å². The van der Waals surface area contributed by atoms with Crippen molar-refractivity contribution in [1.29, 1.82) is 0 Å². The van der Waals surface area contributed by atoms with Gasteiger partial charge in [0.1, 0.15) is 16.1 Å². The van der Waals surface area contributed by atoms with E-state index in [2.05, 4.69) is 0 Å². The second-order valence-electron chi connectivity index (χ2n) is 5.71. The van der Waals surface area contributed by atoms with Gasteiger partial charge in [-0.2, -0.15) is 0 Å². The first-order chi connectivity index (χ1) is 12.1. The zero-order chi connectivity index (χ0) is 17.6. The molecule has 1 aromatic heterocycles. The number of benzene rings is 2. The van der Waals surface area contributed by atoms with Gasteiger partial charge >= 0.3 is 5.88 Å². The molecule has 0 unspecified atom stereocenters. The summed E-state index contributed by atoms with van der Waals surface area (Å²) in [5, 5.41) is 11.9. The second kappa shape index (κ2) is 5.55. The fraction of sp³-hybridized carbons (Fsp3) is 0.111. The molecular formula is C18H12N2O5. The lowest BCUT2D eigenvalue weighted by molar-refractivity contribution is -0.400. The van der Waals surface area contributed by atoms with Gasteiger partial charge in [0.2, 0.25) is 11.8 Å². The minimum absolute atomic E-state index is 0.175. The fourth-order valence-electron chi connectivity index (χ4n) is 3.09. The molecule has 7 nitrogen and oxygen atoms in total. The van der Waals surface area contributed by atoms with Crippen LogP contribution in [0.3, 0.4) is 0 Å². The Hall–Kier alpha value is -3.48. The van der Waals surface area contributed by atoms with E-state index in [1.165, 1.54) is 0 Å². The van der Waals surface area contributed by atoms with Crippen molar-refractivity contribution in [3.05, 3.63) is 58.6 Å². The number of hydrogen-bond acceptors (Lipinski definition) is 5. The maximum Gasteiger partial charge on any atom is 0.442 e. The van der Waals surface area contributed by atoms with Crippen LogP contribution in [0.2, 0.25) is 0 Å². The van der Waals surface area contributed by atoms with E-state index < -0.39 is 4.92 Å². The molecule has 2 aromatic carbocycles. The van der Waals surface area contributed by atoms with Crippen molar-refractivity contribution in [2.24, 2.45) is 0 Å². The Labute approximate surface area is 141 Å². The van der Waals surface area contributed by atoms with Gasteiger partial charge < -0.3 is 4.42 Å². The van der Waals surface area contributed by atoms with Crippen LogP contribution in [0.5, 0.6) is 0 Å². The number of rotatable bonds is 3. The number of nitrogens with zero attached hydrogens (tertiary/aromatic N) is 2. The number of carbonyl (C=O) groups excluding carboxylic acids is 2. The van der Waals surface area contributed by atoms with Gasteiger partial charge in [-0.1, -0.05) is 30.3 Å². The van der Waals surface area contributed by atoms with E-state index in [1.807, 2.05) is 6.07 Å². The van der Waals surface area contributed by atoms with Gasteiger partial charge in [-0.15, -0.1) is 0 Å². The molecule has 0 atom stereocenters. The average Bonchev–Trinajstić information content (AvgIpc) is 3.15. The molecule has 1 saturated heterocycles. The number of furan rings is 1. The first-order valence-corrected chi connectivity index (χ1v) is 7.68. The molecule has 2 amide bonds. The minimum Gasteiger partial charge on any atom is -0.400 e. The van der Waals surface area contributed by atoms with E-state index in [1.54, 1.807) is 42.5 Å². The summed E-state index contributed by atoms with van der Waals surface area (Å²) in [7, 11) is 0. The van der Waals surface area contributed by atoms with Gasteiger partial charge in [0.15, 0.2) is 0 Å². The molecule has 1 fully saturated rings. The van der Waals surface area contributed by atoms with Gasteiger partial charge in [-0.3, -0.25) is 24.6 Å². The molecule has 0 spiro atoms. The molecule has 3 aromatic rings. The smallest absolute Gasteiger partial charge is 0.400 e. The Morgan fingerprint density at radius 1 is 1.00 bits per heavy atom. The largest absolute Gasteiger partial charge is 0.442 e. The van der Waals surface area contributed by atoms with Crippen LogP contribution in [0, 0.1) is 10.1 Å². The number of nitro groups is 1. The maximum absolute atomic E-state index is 12.0. The van der Waals surface area contributed by atoms with Crippen LogP contribution in [0.25, 0.3) is 22.1 Å². The van der Waals surface area contributed by atoms with Crippen LogP contribution in [0.1, 0.15) is 12.8 Å². The Bertz CT molecular complexity index is 1010. The van der Waals surface area contributed by atoms with Gasteiger partial charge in [-0.25, -0.2) is 0 Å². The number of imide groups is 1. The second-order valence-corrected chi connectivity index (χ2v) is 5.71. The molecule has 1 aliphatic heterocycles. The summed E-state index contributed by atoms with van der Waals surface area (Å²) in [6.07, 6.45) is 0.349. The van der Waals surface area contributed by atoms with Crippen molar-refractivity contribution in [3.63, 3.8) is 0 Å². The molecule has 124 valence electrons. The van der Waals surface area contributed by atoms with E-state index in [0.29, 0.717) is 27.8 Å². The summed E-state index contributed by atoms with van der Waals surface area (Å²) in [5.74, 6) is -0.912. The topological polar surface area (TPSA) is 93.7 Å². The first-order valence-electron chi connectivity index (χ1n) is 7.68. The van der Waals surface area contributed by atoms with Crippen LogP contribution >= 0.6 is 0 Å². The van der Waals surface area contributed by atoms with Crippen molar-refractivity contribution in [3.8, 4) is 11.1 Å². The number of amides is 2. The Kier molecular flexibility index (Phi) is 3.35. The number of anilines is 1. The van der Waals surface area contributed by atoms with Crippen LogP contribution in [-0.2, 0) is 9.59 Å². The highest BCUT2D eigenvalue weighted by atomic mass is 16.6. The zero-order valence-electron chi connectivity index (χ0n) is 13.0. The van der Waals surface area contributed by atoms with Gasteiger partial charge in [-0.05, 0) is 23.8 Å². The fourth-order valence-corrected chi connectivity index (χ4v) is 3.09. The normalized spacial score (nSPS) is 14.5. The summed E-state index contributed by atoms with van der Waals surface area (Å²) >= 11 is 0. The SMILES string of the molecule is O=C1CCC(=O)N1c1ccc2oc([N+](=O)[O-])c(-c3ccccc3)c2c1. The molecular weight excluding hydrogens is 324 g/mol. The van der Waals surface area contributed by atoms with Crippen LogP contribution < -0.4 is 4.90 Å². The Morgan fingerprint density at radius 3 is 2.32 bits per heavy atom. The van der Waals surface area contributed by atoms with E-state index in [4.69, 9.17) is 4.42 Å². The average molecular weight is 336 g/mol. The highest BCUT2D eigenvalue weighted by molar-refractivity contribution is 6.20. The third-order valence-electron chi connectivity index (χ3n) is 4.19. The predicted molar refractivity (Wildman–Crippen MR) is 90.0 cm³/mol. The van der Waals surface area contributed by atoms with E-state index in [9.17, 15) is 19.7 Å². The number of fused-ring (bicyclic) bond motifs is 1. The molecule has 0 radical (unpaired) electrons. The first kappa shape index (κ1) is 15.1. The number of hydrogen-bond donors (Lipinski definition) is 0. The zero-order valence-corrected chi connectivity index (χ0v) is 13.0. The standard InChI is InChI=1S/C18H12N2O5/c21-15-8-9-16(22)19(15)12-6-7-14-13(10-12)17(18(25-14)20(23)24)11-4-2-1-3-5-11/h1-7,10H,8-9H2. The third kappa shape index (κ3) is 2.37.